The summed E-state index contributed by atoms with van der Waals surface area (Å²) in [7, 11) is 0. The Balaban J connectivity index is 1.39. The molecule has 1 aromatic heterocycles. The first-order valence-corrected chi connectivity index (χ1v) is 12.4. The van der Waals surface area contributed by atoms with E-state index in [0.29, 0.717) is 18.1 Å². The van der Waals surface area contributed by atoms with Crippen LogP contribution in [0.5, 0.6) is 0 Å². The van der Waals surface area contributed by atoms with E-state index in [1.807, 2.05) is 11.6 Å². The highest BCUT2D eigenvalue weighted by molar-refractivity contribution is 5.37. The fraction of sp³-hybridized carbons (Fsp3) is 0.654. The molecule has 0 amide bonds. The van der Waals surface area contributed by atoms with Gasteiger partial charge in [-0.2, -0.15) is 5.10 Å². The van der Waals surface area contributed by atoms with Crippen molar-refractivity contribution >= 4 is 0 Å². The SMILES string of the molecule is Cc1cc(C)n(-c2cccc(CN3CCN(C4CCN(C(C)C)CC4)[C@H](CCO)C3)c2)n1. The van der Waals surface area contributed by atoms with Crippen LogP contribution in [-0.2, 0) is 6.54 Å². The fourth-order valence-corrected chi connectivity index (χ4v) is 5.63. The van der Waals surface area contributed by atoms with Crippen molar-refractivity contribution in [3.05, 3.63) is 47.3 Å². The number of aryl methyl sites for hydroxylation is 2. The van der Waals surface area contributed by atoms with Crippen LogP contribution in [0.1, 0.15) is 50.1 Å². The van der Waals surface area contributed by atoms with Crippen LogP contribution < -0.4 is 0 Å². The van der Waals surface area contributed by atoms with Crippen LogP contribution in [0.2, 0.25) is 0 Å². The third-order valence-corrected chi connectivity index (χ3v) is 7.34. The van der Waals surface area contributed by atoms with Crippen LogP contribution in [0.15, 0.2) is 30.3 Å². The normalized spacial score (nSPS) is 22.1. The van der Waals surface area contributed by atoms with Gasteiger partial charge < -0.3 is 10.0 Å². The average molecular weight is 440 g/mol. The fourth-order valence-electron chi connectivity index (χ4n) is 5.63. The predicted octanol–water partition coefficient (Wildman–Crippen LogP) is 3.23. The highest BCUT2D eigenvalue weighted by Gasteiger charge is 2.33. The van der Waals surface area contributed by atoms with E-state index in [1.54, 1.807) is 0 Å². The number of rotatable bonds is 7. The molecule has 0 spiro atoms. The smallest absolute Gasteiger partial charge is 0.0651 e. The number of aliphatic hydroxyl groups is 1. The van der Waals surface area contributed by atoms with E-state index in [2.05, 4.69) is 70.9 Å². The van der Waals surface area contributed by atoms with E-state index >= 15 is 0 Å². The van der Waals surface area contributed by atoms with Gasteiger partial charge >= 0.3 is 0 Å². The molecule has 6 nitrogen and oxygen atoms in total. The van der Waals surface area contributed by atoms with Crippen molar-refractivity contribution in [3.63, 3.8) is 0 Å². The Hall–Kier alpha value is -1.73. The Labute approximate surface area is 193 Å². The van der Waals surface area contributed by atoms with Gasteiger partial charge in [0, 0.05) is 56.6 Å². The van der Waals surface area contributed by atoms with Gasteiger partial charge in [0.05, 0.1) is 11.4 Å². The van der Waals surface area contributed by atoms with Crippen LogP contribution >= 0.6 is 0 Å². The summed E-state index contributed by atoms with van der Waals surface area (Å²) in [5.41, 5.74) is 4.68. The topological polar surface area (TPSA) is 47.8 Å². The van der Waals surface area contributed by atoms with Gasteiger partial charge in [-0.1, -0.05) is 12.1 Å². The van der Waals surface area contributed by atoms with Crippen molar-refractivity contribution < 1.29 is 5.11 Å². The molecule has 0 aliphatic carbocycles. The first kappa shape index (κ1) is 23.4. The Kier molecular flexibility index (Phi) is 7.66. The summed E-state index contributed by atoms with van der Waals surface area (Å²) in [6.07, 6.45) is 3.38. The molecule has 2 aliphatic heterocycles. The molecule has 1 aromatic carbocycles. The zero-order chi connectivity index (χ0) is 22.7. The first-order valence-electron chi connectivity index (χ1n) is 12.4. The summed E-state index contributed by atoms with van der Waals surface area (Å²) in [6, 6.07) is 12.7. The van der Waals surface area contributed by atoms with Gasteiger partial charge in [0.15, 0.2) is 0 Å². The second-order valence-electron chi connectivity index (χ2n) is 10.0. The molecule has 2 aromatic rings. The number of benzene rings is 1. The maximum absolute atomic E-state index is 9.75. The van der Waals surface area contributed by atoms with E-state index in [4.69, 9.17) is 0 Å². The zero-order valence-corrected chi connectivity index (χ0v) is 20.4. The first-order chi connectivity index (χ1) is 15.4. The minimum Gasteiger partial charge on any atom is -0.396 e. The van der Waals surface area contributed by atoms with Crippen molar-refractivity contribution in [1.82, 2.24) is 24.5 Å². The van der Waals surface area contributed by atoms with Gasteiger partial charge in [-0.25, -0.2) is 4.68 Å². The van der Waals surface area contributed by atoms with Gasteiger partial charge in [0.25, 0.3) is 0 Å². The van der Waals surface area contributed by atoms with Crippen LogP contribution in [0.4, 0.5) is 0 Å². The predicted molar refractivity (Wildman–Crippen MR) is 130 cm³/mol. The number of likely N-dealkylation sites (tertiary alicyclic amines) is 1. The second kappa shape index (κ2) is 10.5. The van der Waals surface area contributed by atoms with Crippen LogP contribution in [0.25, 0.3) is 5.69 Å². The molecule has 176 valence electrons. The van der Waals surface area contributed by atoms with Crippen molar-refractivity contribution in [2.45, 2.75) is 71.6 Å². The zero-order valence-electron chi connectivity index (χ0n) is 20.4. The summed E-state index contributed by atoms with van der Waals surface area (Å²) in [5, 5.41) is 14.4. The summed E-state index contributed by atoms with van der Waals surface area (Å²) in [6.45, 7) is 15.6. The number of hydrogen-bond donors (Lipinski definition) is 1. The van der Waals surface area contributed by atoms with E-state index in [1.165, 1.54) is 37.2 Å². The molecule has 3 heterocycles. The summed E-state index contributed by atoms with van der Waals surface area (Å²) >= 11 is 0. The van der Waals surface area contributed by atoms with Gasteiger partial charge in [-0.15, -0.1) is 0 Å². The standard InChI is InChI=1S/C26H41N5O/c1-20(2)29-11-8-24(9-12-29)30-14-13-28(19-26(30)10-15-32)18-23-6-5-7-25(17-23)31-22(4)16-21(3)27-31/h5-7,16-17,20,24,26,32H,8-15,18-19H2,1-4H3/t26-/m1/s1. The lowest BCUT2D eigenvalue weighted by atomic mass is 9.97. The van der Waals surface area contributed by atoms with Crippen molar-refractivity contribution in [1.29, 1.82) is 0 Å². The molecule has 2 fully saturated rings. The van der Waals surface area contributed by atoms with E-state index in [0.717, 1.165) is 44.0 Å². The largest absolute Gasteiger partial charge is 0.396 e. The Morgan fingerprint density at radius 3 is 2.50 bits per heavy atom. The highest BCUT2D eigenvalue weighted by atomic mass is 16.3. The molecular weight excluding hydrogens is 398 g/mol. The van der Waals surface area contributed by atoms with Crippen LogP contribution in [-0.4, -0.2) is 87.0 Å². The molecule has 2 aliphatic rings. The van der Waals surface area contributed by atoms with E-state index in [9.17, 15) is 5.11 Å². The van der Waals surface area contributed by atoms with Crippen molar-refractivity contribution in [3.8, 4) is 5.69 Å². The molecule has 4 rings (SSSR count). The average Bonchev–Trinajstić information content (AvgIpc) is 3.12. The summed E-state index contributed by atoms with van der Waals surface area (Å²) in [4.78, 5) is 7.89. The number of aromatic nitrogens is 2. The number of aliphatic hydroxyl groups excluding tert-OH is 1. The molecule has 1 N–H and O–H groups in total. The molecule has 6 heteroatoms. The monoisotopic (exact) mass is 439 g/mol. The lowest BCUT2D eigenvalue weighted by Gasteiger charge is -2.48. The minimum absolute atomic E-state index is 0.271. The third kappa shape index (κ3) is 5.42. The molecule has 0 unspecified atom stereocenters. The molecule has 0 radical (unpaired) electrons. The lowest BCUT2D eigenvalue weighted by molar-refractivity contribution is -0.0000289. The maximum Gasteiger partial charge on any atom is 0.0651 e. The summed E-state index contributed by atoms with van der Waals surface area (Å²) < 4.78 is 2.04. The molecule has 0 saturated carbocycles. The molecular formula is C26H41N5O. The number of piperazine rings is 1. The van der Waals surface area contributed by atoms with Crippen LogP contribution in [0, 0.1) is 13.8 Å². The molecule has 2 saturated heterocycles. The number of hydrogen-bond acceptors (Lipinski definition) is 5. The maximum atomic E-state index is 9.75. The number of piperidine rings is 1. The lowest BCUT2D eigenvalue weighted by Crippen LogP contribution is -2.58. The second-order valence-corrected chi connectivity index (χ2v) is 10.0. The van der Waals surface area contributed by atoms with Gasteiger partial charge in [0.1, 0.15) is 0 Å². The Morgan fingerprint density at radius 1 is 1.06 bits per heavy atom. The number of nitrogens with zero attached hydrogens (tertiary/aromatic N) is 5. The highest BCUT2D eigenvalue weighted by Crippen LogP contribution is 2.25. The minimum atomic E-state index is 0.271. The Bertz CT molecular complexity index is 871. The van der Waals surface area contributed by atoms with Crippen molar-refractivity contribution in [2.75, 3.05) is 39.3 Å². The van der Waals surface area contributed by atoms with Crippen molar-refractivity contribution in [2.24, 2.45) is 0 Å². The third-order valence-electron chi connectivity index (χ3n) is 7.34. The van der Waals surface area contributed by atoms with E-state index in [-0.39, 0.29) is 6.61 Å². The van der Waals surface area contributed by atoms with Crippen LogP contribution in [0.3, 0.4) is 0 Å². The molecule has 0 bridgehead atoms. The van der Waals surface area contributed by atoms with Gasteiger partial charge in [0.2, 0.25) is 0 Å². The molecule has 32 heavy (non-hydrogen) atoms. The van der Waals surface area contributed by atoms with E-state index < -0.39 is 0 Å². The van der Waals surface area contributed by atoms with Gasteiger partial charge in [-0.05, 0) is 83.8 Å². The Morgan fingerprint density at radius 2 is 1.84 bits per heavy atom. The molecule has 1 atom stereocenters. The quantitative estimate of drug-likeness (QED) is 0.718. The summed E-state index contributed by atoms with van der Waals surface area (Å²) in [5.74, 6) is 0. The van der Waals surface area contributed by atoms with Gasteiger partial charge in [-0.3, -0.25) is 9.80 Å².